The predicted octanol–water partition coefficient (Wildman–Crippen LogP) is 2.51. The van der Waals surface area contributed by atoms with Gasteiger partial charge in [0.25, 0.3) is 0 Å². The maximum absolute atomic E-state index is 12.7. The number of amides is 1. The van der Waals surface area contributed by atoms with Crippen LogP contribution in [0.4, 0.5) is 5.82 Å². The van der Waals surface area contributed by atoms with Crippen LogP contribution in [0.15, 0.2) is 18.3 Å². The van der Waals surface area contributed by atoms with Crippen molar-refractivity contribution < 1.29 is 17.8 Å². The van der Waals surface area contributed by atoms with Crippen molar-refractivity contribution in [3.8, 4) is 0 Å². The van der Waals surface area contributed by atoms with Crippen molar-refractivity contribution in [2.24, 2.45) is 17.8 Å². The van der Waals surface area contributed by atoms with E-state index >= 15 is 0 Å². The summed E-state index contributed by atoms with van der Waals surface area (Å²) in [6.45, 7) is 4.57. The number of halogens is 1. The van der Waals surface area contributed by atoms with Gasteiger partial charge in [0.1, 0.15) is 21.4 Å². The monoisotopic (exact) mass is 508 g/mol. The molecule has 3 N–H and O–H groups in total. The highest BCUT2D eigenvalue weighted by atomic mass is 35.5. The number of rotatable bonds is 5. The van der Waals surface area contributed by atoms with Crippen LogP contribution in [0.3, 0.4) is 0 Å². The van der Waals surface area contributed by atoms with Gasteiger partial charge in [-0.25, -0.2) is 18.0 Å². The minimum Gasteiger partial charge on any atom is -0.316 e. The van der Waals surface area contributed by atoms with Crippen LogP contribution in [0.2, 0.25) is 5.02 Å². The fraction of sp³-hybridized carbons (Fsp3) is 0.625. The first-order chi connectivity index (χ1) is 16.2. The number of amidine groups is 1. The Morgan fingerprint density at radius 1 is 1.29 bits per heavy atom. The number of carbonyl (C=O) groups excluding carboxylic acids is 1. The molecule has 8 nitrogen and oxygen atoms in total. The highest BCUT2D eigenvalue weighted by Crippen LogP contribution is 2.30. The van der Waals surface area contributed by atoms with Crippen LogP contribution in [0.25, 0.3) is 5.70 Å². The third kappa shape index (κ3) is 6.17. The molecular formula is C24H35ClN5O3S+. The van der Waals surface area contributed by atoms with E-state index in [4.69, 9.17) is 11.6 Å². The van der Waals surface area contributed by atoms with Crippen molar-refractivity contribution in [1.82, 2.24) is 15.6 Å². The van der Waals surface area contributed by atoms with Gasteiger partial charge in [-0.1, -0.05) is 18.5 Å². The second kappa shape index (κ2) is 10.7. The molecule has 2 unspecified atom stereocenters. The molecule has 0 bridgehead atoms. The van der Waals surface area contributed by atoms with Gasteiger partial charge < -0.3 is 10.6 Å². The Morgan fingerprint density at radius 3 is 2.76 bits per heavy atom. The van der Waals surface area contributed by atoms with E-state index in [2.05, 4.69) is 38.5 Å². The summed E-state index contributed by atoms with van der Waals surface area (Å²) in [5.41, 5.74) is 1.79. The zero-order valence-corrected chi connectivity index (χ0v) is 21.5. The molecule has 1 aromatic heterocycles. The summed E-state index contributed by atoms with van der Waals surface area (Å²) in [4.78, 5) is 17.0. The number of piperidine rings is 1. The van der Waals surface area contributed by atoms with E-state index in [0.717, 1.165) is 49.4 Å². The lowest BCUT2D eigenvalue weighted by molar-refractivity contribution is -0.402. The lowest BCUT2D eigenvalue weighted by Crippen LogP contribution is -2.39. The van der Waals surface area contributed by atoms with Crippen LogP contribution in [-0.2, 0) is 14.6 Å². The number of pyridine rings is 1. The number of sulfone groups is 1. The Balaban J connectivity index is 1.48. The van der Waals surface area contributed by atoms with Crippen LogP contribution in [-0.4, -0.2) is 67.9 Å². The number of hydrogen-bond donors (Lipinski definition) is 3. The summed E-state index contributed by atoms with van der Waals surface area (Å²) in [6.07, 6.45) is 7.94. The zero-order valence-electron chi connectivity index (χ0n) is 19.9. The van der Waals surface area contributed by atoms with Gasteiger partial charge in [-0.15, -0.1) is 0 Å². The van der Waals surface area contributed by atoms with E-state index in [9.17, 15) is 13.2 Å². The van der Waals surface area contributed by atoms with Gasteiger partial charge >= 0.3 is 0 Å². The summed E-state index contributed by atoms with van der Waals surface area (Å²) in [5.74, 6) is 2.74. The normalized spacial score (nSPS) is 25.6. The van der Waals surface area contributed by atoms with Gasteiger partial charge in [0.05, 0.1) is 42.5 Å². The molecule has 34 heavy (non-hydrogen) atoms. The van der Waals surface area contributed by atoms with Crippen LogP contribution in [0.1, 0.15) is 44.6 Å². The van der Waals surface area contributed by atoms with E-state index in [1.807, 2.05) is 13.1 Å². The van der Waals surface area contributed by atoms with Crippen LogP contribution in [0, 0.1) is 17.8 Å². The first-order valence-electron chi connectivity index (χ1n) is 12.1. The summed E-state index contributed by atoms with van der Waals surface area (Å²) in [5, 5.41) is 10.3. The quantitative estimate of drug-likeness (QED) is 0.528. The molecule has 2 saturated heterocycles. The minimum absolute atomic E-state index is 0.0178. The fourth-order valence-corrected chi connectivity index (χ4v) is 6.69. The Bertz CT molecular complexity index is 1080. The van der Waals surface area contributed by atoms with Gasteiger partial charge in [-0.05, 0) is 56.2 Å². The molecule has 4 rings (SSSR count). The van der Waals surface area contributed by atoms with Gasteiger partial charge in [0.2, 0.25) is 11.7 Å². The largest absolute Gasteiger partial charge is 0.316 e. The fourth-order valence-electron chi connectivity index (χ4n) is 4.90. The van der Waals surface area contributed by atoms with Gasteiger partial charge in [-0.2, -0.15) is 0 Å². The molecule has 1 aromatic rings. The van der Waals surface area contributed by atoms with Crippen molar-refractivity contribution in [1.29, 1.82) is 0 Å². The van der Waals surface area contributed by atoms with Crippen LogP contribution >= 0.6 is 11.6 Å². The molecule has 0 aromatic carbocycles. The van der Waals surface area contributed by atoms with Crippen LogP contribution < -0.4 is 16.0 Å². The first-order valence-corrected chi connectivity index (χ1v) is 14.3. The lowest BCUT2D eigenvalue weighted by Gasteiger charge is -2.24. The number of nitrogens with one attached hydrogen (secondary N) is 3. The molecule has 3 aliphatic heterocycles. The molecule has 2 fully saturated rings. The maximum Gasteiger partial charge on any atom is 0.250 e. The molecule has 186 valence electrons. The standard InChI is InChI=1S/C24H34ClN5O3S/c1-16-10-21(30(2)23(11-16)28-13-17-5-8-34(32,33)9-6-17)19-12-22(27-15-20(19)25)29-24(31)18-4-3-7-26-14-18/h10,12,15-18,26H,3-9,11,13-14H2,1-2H3,(H,27,29,31)/p+1. The van der Waals surface area contributed by atoms with E-state index in [1.165, 1.54) is 0 Å². The summed E-state index contributed by atoms with van der Waals surface area (Å²) in [6, 6.07) is 1.85. The summed E-state index contributed by atoms with van der Waals surface area (Å²) in [7, 11) is -0.848. The molecule has 4 heterocycles. The molecule has 0 spiro atoms. The number of carbonyl (C=O) groups is 1. The molecule has 0 saturated carbocycles. The second-order valence-electron chi connectivity index (χ2n) is 9.80. The number of aromatic nitrogens is 1. The topological polar surface area (TPSA) is 103 Å². The van der Waals surface area contributed by atoms with Crippen molar-refractivity contribution in [2.75, 3.05) is 43.5 Å². The van der Waals surface area contributed by atoms with Crippen molar-refractivity contribution in [3.05, 3.63) is 28.9 Å². The van der Waals surface area contributed by atoms with Gasteiger partial charge in [0.15, 0.2) is 0 Å². The summed E-state index contributed by atoms with van der Waals surface area (Å²) >= 11 is 6.56. The number of allylic oxidation sites excluding steroid dienone is 1. The van der Waals surface area contributed by atoms with E-state index in [0.29, 0.717) is 42.1 Å². The molecule has 3 aliphatic rings. The zero-order chi connectivity index (χ0) is 24.3. The highest BCUT2D eigenvalue weighted by molar-refractivity contribution is 7.91. The average molecular weight is 509 g/mol. The Kier molecular flexibility index (Phi) is 7.94. The lowest BCUT2D eigenvalue weighted by atomic mass is 9.97. The molecule has 0 aliphatic carbocycles. The molecular weight excluding hydrogens is 474 g/mol. The molecule has 2 atom stereocenters. The highest BCUT2D eigenvalue weighted by Gasteiger charge is 2.29. The number of anilines is 1. The molecule has 1 amide bonds. The Hall–Kier alpha value is -1.97. The second-order valence-corrected chi connectivity index (χ2v) is 12.5. The Morgan fingerprint density at radius 2 is 2.06 bits per heavy atom. The van der Waals surface area contributed by atoms with Gasteiger partial charge in [-0.3, -0.25) is 10.1 Å². The molecule has 0 radical (unpaired) electrons. The molecule has 10 heteroatoms. The first kappa shape index (κ1) is 25.1. The van der Waals surface area contributed by atoms with Crippen molar-refractivity contribution in [3.63, 3.8) is 0 Å². The number of nitrogens with zero attached hydrogens (tertiary/aromatic N) is 2. The Labute approximate surface area is 207 Å². The maximum atomic E-state index is 12.7. The predicted molar refractivity (Wildman–Crippen MR) is 136 cm³/mol. The minimum atomic E-state index is -2.86. The van der Waals surface area contributed by atoms with E-state index in [-0.39, 0.29) is 23.3 Å². The summed E-state index contributed by atoms with van der Waals surface area (Å²) < 4.78 is 25.6. The smallest absolute Gasteiger partial charge is 0.250 e. The van der Waals surface area contributed by atoms with E-state index in [1.54, 1.807) is 6.20 Å². The third-order valence-electron chi connectivity index (χ3n) is 7.04. The number of hydrogen-bond acceptors (Lipinski definition) is 6. The van der Waals surface area contributed by atoms with Crippen molar-refractivity contribution >= 4 is 44.7 Å². The van der Waals surface area contributed by atoms with E-state index < -0.39 is 9.84 Å². The van der Waals surface area contributed by atoms with Gasteiger partial charge in [0, 0.05) is 18.3 Å². The third-order valence-corrected chi connectivity index (χ3v) is 9.06. The average Bonchev–Trinajstić information content (AvgIpc) is 2.82. The van der Waals surface area contributed by atoms with Crippen LogP contribution in [0.5, 0.6) is 0 Å². The SMILES string of the molecule is CC1C=C(c2cc(NC(=O)C3CCCNC3)ncc2Cl)[N+](C)=C(NCC2CCS(=O)(=O)CC2)C1. The van der Waals surface area contributed by atoms with Crippen molar-refractivity contribution in [2.45, 2.75) is 39.0 Å².